The van der Waals surface area contributed by atoms with Gasteiger partial charge in [-0.05, 0) is 20.8 Å². The minimum Gasteiger partial charge on any atom is -0.349 e. The Kier molecular flexibility index (Phi) is 3.15. The van der Waals surface area contributed by atoms with E-state index in [0.717, 1.165) is 5.69 Å². The second kappa shape index (κ2) is 4.44. The summed E-state index contributed by atoms with van der Waals surface area (Å²) in [6.07, 6.45) is 0.218. The predicted octanol–water partition coefficient (Wildman–Crippen LogP) is 1.40. The van der Waals surface area contributed by atoms with Crippen molar-refractivity contribution in [3.8, 4) is 0 Å². The number of likely N-dealkylation sites (tertiary alicyclic amines) is 1. The van der Waals surface area contributed by atoms with Crippen LogP contribution in [0.1, 0.15) is 26.0 Å². The van der Waals surface area contributed by atoms with Crippen LogP contribution in [0.3, 0.4) is 0 Å². The molecule has 6 heteroatoms. The Morgan fingerprint density at radius 2 is 2.24 bits per heavy atom. The molecule has 0 bridgehead atoms. The zero-order valence-corrected chi connectivity index (χ0v) is 10.9. The number of nitrogens with one attached hydrogen (secondary N) is 1. The van der Waals surface area contributed by atoms with Crippen LogP contribution in [-0.4, -0.2) is 33.8 Å². The number of carbonyl (C=O) groups is 2. The number of nitrogens with zero attached hydrogens (tertiary/aromatic N) is 2. The lowest BCUT2D eigenvalue weighted by molar-refractivity contribution is -0.140. The van der Waals surface area contributed by atoms with E-state index in [2.05, 4.69) is 10.3 Å². The average molecular weight is 253 g/mol. The number of hydrogen-bond acceptors (Lipinski definition) is 5. The summed E-state index contributed by atoms with van der Waals surface area (Å²) >= 11 is 1.45. The third-order valence-corrected chi connectivity index (χ3v) is 3.51. The van der Waals surface area contributed by atoms with Gasteiger partial charge in [-0.1, -0.05) is 0 Å². The van der Waals surface area contributed by atoms with Crippen LogP contribution in [0.15, 0.2) is 5.38 Å². The zero-order chi connectivity index (χ0) is 12.6. The molecule has 1 aromatic rings. The molecular weight excluding hydrogens is 238 g/mol. The number of imide groups is 1. The number of thiazole rings is 1. The maximum absolute atomic E-state index is 12.0. The number of anilines is 1. The molecule has 0 saturated carbocycles. The van der Waals surface area contributed by atoms with Crippen LogP contribution in [0.4, 0.5) is 5.13 Å². The Balaban J connectivity index is 2.09. The lowest BCUT2D eigenvalue weighted by atomic mass is 10.2. The second-order valence-electron chi connectivity index (χ2n) is 4.39. The van der Waals surface area contributed by atoms with Crippen molar-refractivity contribution in [2.75, 3.05) is 5.32 Å². The third kappa shape index (κ3) is 2.31. The molecule has 1 unspecified atom stereocenters. The molecule has 1 atom stereocenters. The van der Waals surface area contributed by atoms with Gasteiger partial charge in [0.05, 0.1) is 12.1 Å². The molecule has 0 spiro atoms. The number of carbonyl (C=O) groups excluding carboxylic acids is 2. The van der Waals surface area contributed by atoms with E-state index in [4.69, 9.17) is 0 Å². The van der Waals surface area contributed by atoms with Crippen LogP contribution in [0, 0.1) is 6.92 Å². The molecule has 1 N–H and O–H groups in total. The van der Waals surface area contributed by atoms with Crippen molar-refractivity contribution in [3.63, 3.8) is 0 Å². The molecular formula is C11H15N3O2S. The van der Waals surface area contributed by atoms with Crippen LogP contribution >= 0.6 is 11.3 Å². The van der Waals surface area contributed by atoms with E-state index in [-0.39, 0.29) is 24.3 Å². The summed E-state index contributed by atoms with van der Waals surface area (Å²) in [7, 11) is 0. The summed E-state index contributed by atoms with van der Waals surface area (Å²) in [5.41, 5.74) is 0.912. The van der Waals surface area contributed by atoms with Crippen molar-refractivity contribution in [1.29, 1.82) is 0 Å². The highest BCUT2D eigenvalue weighted by Gasteiger charge is 2.40. The van der Waals surface area contributed by atoms with E-state index >= 15 is 0 Å². The first-order valence-corrected chi connectivity index (χ1v) is 6.41. The smallest absolute Gasteiger partial charge is 0.252 e. The fourth-order valence-electron chi connectivity index (χ4n) is 1.88. The SMILES string of the molecule is Cc1csc(NC2CC(=O)N(C(C)C)C2=O)n1. The molecule has 1 aliphatic heterocycles. The predicted molar refractivity (Wildman–Crippen MR) is 65.9 cm³/mol. The zero-order valence-electron chi connectivity index (χ0n) is 10.1. The first-order chi connectivity index (χ1) is 7.99. The topological polar surface area (TPSA) is 62.3 Å². The first-order valence-electron chi connectivity index (χ1n) is 5.53. The van der Waals surface area contributed by atoms with Crippen LogP contribution < -0.4 is 5.32 Å². The molecule has 5 nitrogen and oxygen atoms in total. The Hall–Kier alpha value is -1.43. The molecule has 2 rings (SSSR count). The Labute approximate surface area is 104 Å². The Bertz CT molecular complexity index is 455. The van der Waals surface area contributed by atoms with Gasteiger partial charge in [0.25, 0.3) is 5.91 Å². The van der Waals surface area contributed by atoms with Crippen LogP contribution in [0.2, 0.25) is 0 Å². The maximum Gasteiger partial charge on any atom is 0.252 e. The van der Waals surface area contributed by atoms with E-state index < -0.39 is 6.04 Å². The Morgan fingerprint density at radius 3 is 2.71 bits per heavy atom. The Morgan fingerprint density at radius 1 is 1.53 bits per heavy atom. The van der Waals surface area contributed by atoms with Gasteiger partial charge < -0.3 is 5.32 Å². The fraction of sp³-hybridized carbons (Fsp3) is 0.545. The van der Waals surface area contributed by atoms with Gasteiger partial charge in [-0.3, -0.25) is 14.5 Å². The molecule has 1 aliphatic rings. The van der Waals surface area contributed by atoms with E-state index in [9.17, 15) is 9.59 Å². The van der Waals surface area contributed by atoms with Gasteiger partial charge in [-0.25, -0.2) is 4.98 Å². The molecule has 0 radical (unpaired) electrons. The normalized spacial score (nSPS) is 20.5. The van der Waals surface area contributed by atoms with Gasteiger partial charge in [0.2, 0.25) is 5.91 Å². The highest BCUT2D eigenvalue weighted by atomic mass is 32.1. The quantitative estimate of drug-likeness (QED) is 0.827. The van der Waals surface area contributed by atoms with E-state index in [1.165, 1.54) is 16.2 Å². The molecule has 0 aromatic carbocycles. The number of amides is 2. The molecule has 0 aliphatic carbocycles. The van der Waals surface area contributed by atoms with Crippen molar-refractivity contribution in [3.05, 3.63) is 11.1 Å². The molecule has 1 saturated heterocycles. The highest BCUT2D eigenvalue weighted by Crippen LogP contribution is 2.22. The van der Waals surface area contributed by atoms with Gasteiger partial charge in [0.1, 0.15) is 6.04 Å². The summed E-state index contributed by atoms with van der Waals surface area (Å²) in [5, 5.41) is 5.62. The van der Waals surface area contributed by atoms with Crippen LogP contribution in [-0.2, 0) is 9.59 Å². The summed E-state index contributed by atoms with van der Waals surface area (Å²) in [4.78, 5) is 29.2. The van der Waals surface area contributed by atoms with Gasteiger partial charge in [-0.2, -0.15) is 0 Å². The number of hydrogen-bond donors (Lipinski definition) is 1. The summed E-state index contributed by atoms with van der Waals surface area (Å²) in [5.74, 6) is -0.270. The van der Waals surface area contributed by atoms with Gasteiger partial charge >= 0.3 is 0 Å². The van der Waals surface area contributed by atoms with Gasteiger partial charge in [0.15, 0.2) is 5.13 Å². The number of rotatable bonds is 3. The molecule has 92 valence electrons. The van der Waals surface area contributed by atoms with Crippen molar-refractivity contribution in [2.24, 2.45) is 0 Å². The minimum atomic E-state index is -0.463. The highest BCUT2D eigenvalue weighted by molar-refractivity contribution is 7.13. The fourth-order valence-corrected chi connectivity index (χ4v) is 2.62. The molecule has 1 fully saturated rings. The molecule has 17 heavy (non-hydrogen) atoms. The molecule has 2 amide bonds. The maximum atomic E-state index is 12.0. The number of aryl methyl sites for hydroxylation is 1. The van der Waals surface area contributed by atoms with E-state index in [1.54, 1.807) is 0 Å². The van der Waals surface area contributed by atoms with E-state index in [0.29, 0.717) is 5.13 Å². The second-order valence-corrected chi connectivity index (χ2v) is 5.25. The first kappa shape index (κ1) is 12.0. The molecule has 2 heterocycles. The van der Waals surface area contributed by atoms with Crippen molar-refractivity contribution < 1.29 is 9.59 Å². The summed E-state index contributed by atoms with van der Waals surface area (Å²) in [6.45, 7) is 5.57. The van der Waals surface area contributed by atoms with Gasteiger partial charge in [0, 0.05) is 11.4 Å². The summed E-state index contributed by atoms with van der Waals surface area (Å²) in [6, 6.07) is -0.546. The van der Waals surface area contributed by atoms with Crippen molar-refractivity contribution >= 4 is 28.3 Å². The van der Waals surface area contributed by atoms with E-state index in [1.807, 2.05) is 26.2 Å². The molecule has 1 aromatic heterocycles. The standard InChI is InChI=1S/C11H15N3O2S/c1-6(2)14-9(15)4-8(10(14)16)13-11-12-7(3)5-17-11/h5-6,8H,4H2,1-3H3,(H,12,13). The van der Waals surface area contributed by atoms with Crippen LogP contribution in [0.25, 0.3) is 0 Å². The average Bonchev–Trinajstić information content (AvgIpc) is 2.73. The third-order valence-electron chi connectivity index (χ3n) is 2.62. The monoisotopic (exact) mass is 253 g/mol. The van der Waals surface area contributed by atoms with Crippen LogP contribution in [0.5, 0.6) is 0 Å². The lowest BCUT2D eigenvalue weighted by Crippen LogP contribution is -2.39. The van der Waals surface area contributed by atoms with Crippen molar-refractivity contribution in [2.45, 2.75) is 39.3 Å². The minimum absolute atomic E-state index is 0.0835. The van der Waals surface area contributed by atoms with Gasteiger partial charge in [-0.15, -0.1) is 11.3 Å². The summed E-state index contributed by atoms with van der Waals surface area (Å²) < 4.78 is 0. The number of aromatic nitrogens is 1. The van der Waals surface area contributed by atoms with Crippen molar-refractivity contribution in [1.82, 2.24) is 9.88 Å². The largest absolute Gasteiger partial charge is 0.349 e. The lowest BCUT2D eigenvalue weighted by Gasteiger charge is -2.18.